The molecule has 2 heteroatoms. The molecule has 0 saturated carbocycles. The van der Waals surface area contributed by atoms with Gasteiger partial charge in [-0.3, -0.25) is 4.79 Å². The summed E-state index contributed by atoms with van der Waals surface area (Å²) in [4.78, 5) is 11.2. The molecule has 0 aliphatic carbocycles. The quantitative estimate of drug-likeness (QED) is 0.331. The summed E-state index contributed by atoms with van der Waals surface area (Å²) in [6.07, 6.45) is 9.01. The molecular weight excluding hydrogens is 272 g/mol. The molecule has 0 aliphatic heterocycles. The molecule has 0 amide bonds. The number of allylic oxidation sites excluding steroid dienone is 3. The monoisotopic (exact) mass is 302 g/mol. The Labute approximate surface area is 135 Å². The van der Waals surface area contributed by atoms with Gasteiger partial charge in [0.25, 0.3) is 0 Å². The smallest absolute Gasteiger partial charge is 0.153 e. The summed E-state index contributed by atoms with van der Waals surface area (Å²) in [7, 11) is 0. The van der Waals surface area contributed by atoms with Crippen molar-refractivity contribution in [3.63, 3.8) is 0 Å². The van der Waals surface area contributed by atoms with Crippen molar-refractivity contribution in [1.29, 1.82) is 0 Å². The SMILES string of the molecule is C=C/C(=C\CC)c1ccc(OCCCC)c(C=O)c1.CCC. The summed E-state index contributed by atoms with van der Waals surface area (Å²) in [6.45, 7) is 12.9. The number of hydrogen-bond acceptors (Lipinski definition) is 2. The van der Waals surface area contributed by atoms with Gasteiger partial charge in [0.1, 0.15) is 5.75 Å². The van der Waals surface area contributed by atoms with Crippen LogP contribution in [0.1, 0.15) is 69.3 Å². The van der Waals surface area contributed by atoms with Gasteiger partial charge >= 0.3 is 0 Å². The highest BCUT2D eigenvalue weighted by atomic mass is 16.5. The summed E-state index contributed by atoms with van der Waals surface area (Å²) < 4.78 is 5.62. The van der Waals surface area contributed by atoms with Crippen molar-refractivity contribution < 1.29 is 9.53 Å². The second kappa shape index (κ2) is 12.9. The zero-order chi connectivity index (χ0) is 16.8. The molecule has 0 N–H and O–H groups in total. The predicted molar refractivity (Wildman–Crippen MR) is 96.7 cm³/mol. The van der Waals surface area contributed by atoms with Crippen LogP contribution in [0, 0.1) is 0 Å². The largest absolute Gasteiger partial charge is 0.493 e. The van der Waals surface area contributed by atoms with Crippen LogP contribution >= 0.6 is 0 Å². The first-order chi connectivity index (χ1) is 10.7. The van der Waals surface area contributed by atoms with E-state index in [9.17, 15) is 4.79 Å². The van der Waals surface area contributed by atoms with E-state index in [1.807, 2.05) is 24.3 Å². The van der Waals surface area contributed by atoms with E-state index in [1.54, 1.807) is 0 Å². The number of carbonyl (C=O) groups is 1. The highest BCUT2D eigenvalue weighted by molar-refractivity contribution is 5.83. The van der Waals surface area contributed by atoms with Crippen molar-refractivity contribution in [3.05, 3.63) is 48.1 Å². The second-order valence-corrected chi connectivity index (χ2v) is 5.05. The lowest BCUT2D eigenvalue weighted by atomic mass is 10.0. The molecule has 0 aromatic heterocycles. The first kappa shape index (κ1) is 20.2. The van der Waals surface area contributed by atoms with Crippen LogP contribution in [0.2, 0.25) is 0 Å². The van der Waals surface area contributed by atoms with E-state index < -0.39 is 0 Å². The Morgan fingerprint density at radius 2 is 1.91 bits per heavy atom. The highest BCUT2D eigenvalue weighted by Crippen LogP contribution is 2.24. The fourth-order valence-electron chi connectivity index (χ4n) is 1.82. The van der Waals surface area contributed by atoms with Gasteiger partial charge in [-0.05, 0) is 36.1 Å². The van der Waals surface area contributed by atoms with Crippen LogP contribution in [0.5, 0.6) is 5.75 Å². The van der Waals surface area contributed by atoms with Gasteiger partial charge < -0.3 is 4.74 Å². The average molecular weight is 302 g/mol. The Morgan fingerprint density at radius 1 is 1.23 bits per heavy atom. The molecule has 0 radical (unpaired) electrons. The minimum Gasteiger partial charge on any atom is -0.493 e. The van der Waals surface area contributed by atoms with Crippen LogP contribution in [-0.4, -0.2) is 12.9 Å². The first-order valence-electron chi connectivity index (χ1n) is 8.23. The third-order valence-electron chi connectivity index (χ3n) is 2.87. The van der Waals surface area contributed by atoms with Gasteiger partial charge in [0.2, 0.25) is 0 Å². The molecule has 0 spiro atoms. The summed E-state index contributed by atoms with van der Waals surface area (Å²) in [5.41, 5.74) is 2.64. The first-order valence-corrected chi connectivity index (χ1v) is 8.23. The van der Waals surface area contributed by atoms with Gasteiger partial charge in [-0.25, -0.2) is 0 Å². The maximum absolute atomic E-state index is 11.2. The molecule has 22 heavy (non-hydrogen) atoms. The van der Waals surface area contributed by atoms with Gasteiger partial charge in [0, 0.05) is 0 Å². The zero-order valence-electron chi connectivity index (χ0n) is 14.5. The van der Waals surface area contributed by atoms with Crippen molar-refractivity contribution >= 4 is 11.9 Å². The molecule has 0 saturated heterocycles. The van der Waals surface area contributed by atoms with Gasteiger partial charge in [-0.2, -0.15) is 0 Å². The van der Waals surface area contributed by atoms with Crippen LogP contribution in [0.3, 0.4) is 0 Å². The highest BCUT2D eigenvalue weighted by Gasteiger charge is 2.06. The van der Waals surface area contributed by atoms with E-state index in [4.69, 9.17) is 4.74 Å². The van der Waals surface area contributed by atoms with Crippen molar-refractivity contribution in [2.75, 3.05) is 6.61 Å². The van der Waals surface area contributed by atoms with Gasteiger partial charge in [-0.1, -0.05) is 65.3 Å². The summed E-state index contributed by atoms with van der Waals surface area (Å²) >= 11 is 0. The number of unbranched alkanes of at least 4 members (excludes halogenated alkanes) is 1. The molecule has 1 aromatic rings. The average Bonchev–Trinajstić information content (AvgIpc) is 2.54. The minimum atomic E-state index is 0.595. The van der Waals surface area contributed by atoms with Crippen LogP contribution in [0.25, 0.3) is 5.57 Å². The number of ether oxygens (including phenoxy) is 1. The Kier molecular flexibility index (Phi) is 11.8. The summed E-state index contributed by atoms with van der Waals surface area (Å²) in [6, 6.07) is 5.69. The topological polar surface area (TPSA) is 26.3 Å². The van der Waals surface area contributed by atoms with Crippen LogP contribution < -0.4 is 4.74 Å². The lowest BCUT2D eigenvalue weighted by molar-refractivity contribution is 0.111. The van der Waals surface area contributed by atoms with Crippen molar-refractivity contribution in [3.8, 4) is 5.75 Å². The number of rotatable bonds is 8. The minimum absolute atomic E-state index is 0.595. The van der Waals surface area contributed by atoms with E-state index in [1.165, 1.54) is 6.42 Å². The lowest BCUT2D eigenvalue weighted by Crippen LogP contribution is -2.00. The van der Waals surface area contributed by atoms with Crippen LogP contribution in [0.15, 0.2) is 36.9 Å². The van der Waals surface area contributed by atoms with Gasteiger partial charge in [0.05, 0.1) is 12.2 Å². The summed E-state index contributed by atoms with van der Waals surface area (Å²) in [5.74, 6) is 0.659. The number of hydrogen-bond donors (Lipinski definition) is 0. The third kappa shape index (κ3) is 7.26. The van der Waals surface area contributed by atoms with Crippen LogP contribution in [0.4, 0.5) is 0 Å². The van der Waals surface area contributed by atoms with Gasteiger partial charge in [-0.15, -0.1) is 0 Å². The number of aldehydes is 1. The zero-order valence-corrected chi connectivity index (χ0v) is 14.5. The van der Waals surface area contributed by atoms with Gasteiger partial charge in [0.15, 0.2) is 6.29 Å². The van der Waals surface area contributed by atoms with E-state index >= 15 is 0 Å². The molecule has 1 aromatic carbocycles. The molecule has 2 nitrogen and oxygen atoms in total. The lowest BCUT2D eigenvalue weighted by Gasteiger charge is -2.10. The standard InChI is InChI=1S/C17H22O2.C3H8/c1-4-7-11-19-17-10-9-15(12-16(17)13-18)14(6-3)8-5-2;1-3-2/h6,8-10,12-13H,3-5,7,11H2,1-2H3;3H2,1-2H3/b14-8+;. The molecule has 122 valence electrons. The molecule has 1 rings (SSSR count). The van der Waals surface area contributed by atoms with Crippen LogP contribution in [-0.2, 0) is 0 Å². The Bertz CT molecular complexity index is 473. The molecule has 0 fully saturated rings. The third-order valence-corrected chi connectivity index (χ3v) is 2.87. The van der Waals surface area contributed by atoms with Crippen molar-refractivity contribution in [2.24, 2.45) is 0 Å². The maximum Gasteiger partial charge on any atom is 0.153 e. The normalized spacial score (nSPS) is 10.5. The Balaban J connectivity index is 0.00000135. The number of benzene rings is 1. The predicted octanol–water partition coefficient (Wildman–Crippen LogP) is 6.07. The molecule has 0 heterocycles. The second-order valence-electron chi connectivity index (χ2n) is 5.05. The molecule has 0 unspecified atom stereocenters. The van der Waals surface area contributed by atoms with E-state index in [2.05, 4.69) is 40.3 Å². The maximum atomic E-state index is 11.2. The Hall–Kier alpha value is -1.83. The van der Waals surface area contributed by atoms with E-state index in [-0.39, 0.29) is 0 Å². The molecular formula is C20H30O2. The fraction of sp³-hybridized carbons (Fsp3) is 0.450. The Morgan fingerprint density at radius 3 is 2.41 bits per heavy atom. The molecule has 0 aliphatic rings. The number of carbonyl (C=O) groups excluding carboxylic acids is 1. The molecule has 0 bridgehead atoms. The fourth-order valence-corrected chi connectivity index (χ4v) is 1.82. The summed E-state index contributed by atoms with van der Waals surface area (Å²) in [5, 5.41) is 0. The van der Waals surface area contributed by atoms with Crippen molar-refractivity contribution in [1.82, 2.24) is 0 Å². The molecule has 0 atom stereocenters. The van der Waals surface area contributed by atoms with E-state index in [0.29, 0.717) is 17.9 Å². The van der Waals surface area contributed by atoms with Crippen molar-refractivity contribution in [2.45, 2.75) is 53.4 Å². The van der Waals surface area contributed by atoms with E-state index in [0.717, 1.165) is 36.7 Å².